The SMILES string of the molecule is O=C(CN1CCN(C(=O)c2csc(-c3ccccc3)n2)CC1)c1ccco1. The Labute approximate surface area is 161 Å². The van der Waals surface area contributed by atoms with Crippen LogP contribution in [-0.4, -0.2) is 59.2 Å². The summed E-state index contributed by atoms with van der Waals surface area (Å²) >= 11 is 1.48. The molecule has 0 aliphatic carbocycles. The van der Waals surface area contributed by atoms with Gasteiger partial charge < -0.3 is 9.32 Å². The number of rotatable bonds is 5. The number of thiazole rings is 1. The van der Waals surface area contributed by atoms with Crippen LogP contribution in [0.1, 0.15) is 21.0 Å². The molecule has 3 aromatic rings. The molecule has 1 fully saturated rings. The highest BCUT2D eigenvalue weighted by atomic mass is 32.1. The standard InChI is InChI=1S/C20H19N3O3S/c24-17(18-7-4-12-26-18)13-22-8-10-23(11-9-22)20(25)16-14-27-19(21-16)15-5-2-1-3-6-15/h1-7,12,14H,8-11,13H2. The highest BCUT2D eigenvalue weighted by Crippen LogP contribution is 2.24. The Morgan fingerprint density at radius 1 is 1.04 bits per heavy atom. The van der Waals surface area contributed by atoms with Gasteiger partial charge in [-0.05, 0) is 12.1 Å². The maximum Gasteiger partial charge on any atom is 0.273 e. The van der Waals surface area contributed by atoms with E-state index in [9.17, 15) is 9.59 Å². The lowest BCUT2D eigenvalue weighted by Gasteiger charge is -2.33. The number of aromatic nitrogens is 1. The summed E-state index contributed by atoms with van der Waals surface area (Å²) in [5.41, 5.74) is 1.50. The fourth-order valence-corrected chi connectivity index (χ4v) is 3.87. The molecule has 0 radical (unpaired) electrons. The molecule has 138 valence electrons. The summed E-state index contributed by atoms with van der Waals surface area (Å²) in [6.07, 6.45) is 1.50. The quantitative estimate of drug-likeness (QED) is 0.636. The van der Waals surface area contributed by atoms with Crippen molar-refractivity contribution in [1.82, 2.24) is 14.8 Å². The summed E-state index contributed by atoms with van der Waals surface area (Å²) in [5.74, 6) is 0.293. The number of ketones is 1. The molecule has 1 aliphatic rings. The number of furan rings is 1. The van der Waals surface area contributed by atoms with Crippen LogP contribution in [-0.2, 0) is 0 Å². The van der Waals surface area contributed by atoms with E-state index < -0.39 is 0 Å². The van der Waals surface area contributed by atoms with Crippen molar-refractivity contribution in [1.29, 1.82) is 0 Å². The first-order valence-electron chi connectivity index (χ1n) is 8.80. The average Bonchev–Trinajstić information content (AvgIpc) is 3.41. The second-order valence-corrected chi connectivity index (χ2v) is 7.23. The monoisotopic (exact) mass is 381 g/mol. The summed E-state index contributed by atoms with van der Waals surface area (Å²) in [7, 11) is 0. The van der Waals surface area contributed by atoms with E-state index in [1.165, 1.54) is 17.6 Å². The van der Waals surface area contributed by atoms with Crippen molar-refractivity contribution in [3.05, 3.63) is 65.6 Å². The van der Waals surface area contributed by atoms with E-state index in [-0.39, 0.29) is 11.7 Å². The Morgan fingerprint density at radius 3 is 2.52 bits per heavy atom. The van der Waals surface area contributed by atoms with Gasteiger partial charge in [0.05, 0.1) is 12.8 Å². The van der Waals surface area contributed by atoms with Gasteiger partial charge in [-0.1, -0.05) is 30.3 Å². The van der Waals surface area contributed by atoms with Gasteiger partial charge in [-0.2, -0.15) is 0 Å². The van der Waals surface area contributed by atoms with Gasteiger partial charge in [0.25, 0.3) is 5.91 Å². The largest absolute Gasteiger partial charge is 0.461 e. The third-order valence-corrected chi connectivity index (χ3v) is 5.46. The normalized spacial score (nSPS) is 15.0. The van der Waals surface area contributed by atoms with E-state index in [1.807, 2.05) is 40.6 Å². The lowest BCUT2D eigenvalue weighted by Crippen LogP contribution is -2.50. The van der Waals surface area contributed by atoms with E-state index in [0.717, 1.165) is 10.6 Å². The minimum atomic E-state index is -0.0505. The predicted molar refractivity (Wildman–Crippen MR) is 103 cm³/mol. The minimum Gasteiger partial charge on any atom is -0.461 e. The van der Waals surface area contributed by atoms with Gasteiger partial charge >= 0.3 is 0 Å². The first-order chi connectivity index (χ1) is 13.2. The average molecular weight is 381 g/mol. The van der Waals surface area contributed by atoms with Crippen LogP contribution in [0.5, 0.6) is 0 Å². The molecule has 7 heteroatoms. The molecule has 1 amide bonds. The van der Waals surface area contributed by atoms with Crippen molar-refractivity contribution in [2.75, 3.05) is 32.7 Å². The number of carbonyl (C=O) groups excluding carboxylic acids is 2. The molecule has 27 heavy (non-hydrogen) atoms. The molecule has 0 spiro atoms. The minimum absolute atomic E-state index is 0.0354. The maximum atomic E-state index is 12.7. The second-order valence-electron chi connectivity index (χ2n) is 6.37. The van der Waals surface area contributed by atoms with E-state index in [4.69, 9.17) is 4.42 Å². The number of amides is 1. The van der Waals surface area contributed by atoms with Crippen LogP contribution < -0.4 is 0 Å². The second kappa shape index (κ2) is 7.85. The third kappa shape index (κ3) is 3.99. The molecule has 0 atom stereocenters. The molecule has 6 nitrogen and oxygen atoms in total. The van der Waals surface area contributed by atoms with Gasteiger partial charge in [0.15, 0.2) is 5.76 Å². The highest BCUT2D eigenvalue weighted by Gasteiger charge is 2.25. The Bertz CT molecular complexity index is 913. The van der Waals surface area contributed by atoms with Crippen LogP contribution >= 0.6 is 11.3 Å². The van der Waals surface area contributed by atoms with Crippen LogP contribution in [0.2, 0.25) is 0 Å². The van der Waals surface area contributed by atoms with Gasteiger partial charge in [0.2, 0.25) is 5.78 Å². The van der Waals surface area contributed by atoms with Crippen molar-refractivity contribution in [3.8, 4) is 10.6 Å². The van der Waals surface area contributed by atoms with Crippen LogP contribution in [0.4, 0.5) is 0 Å². The summed E-state index contributed by atoms with van der Waals surface area (Å²) in [5, 5.41) is 2.67. The van der Waals surface area contributed by atoms with Crippen molar-refractivity contribution in [2.24, 2.45) is 0 Å². The van der Waals surface area contributed by atoms with Crippen molar-refractivity contribution in [3.63, 3.8) is 0 Å². The molecule has 0 N–H and O–H groups in total. The number of piperazine rings is 1. The summed E-state index contributed by atoms with van der Waals surface area (Å²) < 4.78 is 5.14. The predicted octanol–water partition coefficient (Wildman–Crippen LogP) is 3.04. The van der Waals surface area contributed by atoms with Crippen molar-refractivity contribution < 1.29 is 14.0 Å². The molecule has 0 unspecified atom stereocenters. The smallest absolute Gasteiger partial charge is 0.273 e. The lowest BCUT2D eigenvalue weighted by molar-refractivity contribution is 0.0616. The highest BCUT2D eigenvalue weighted by molar-refractivity contribution is 7.13. The molecule has 1 aromatic carbocycles. The van der Waals surface area contributed by atoms with Crippen LogP contribution in [0.15, 0.2) is 58.5 Å². The molecule has 0 saturated carbocycles. The van der Waals surface area contributed by atoms with Crippen molar-refractivity contribution in [2.45, 2.75) is 0 Å². The number of benzene rings is 1. The third-order valence-electron chi connectivity index (χ3n) is 4.57. The van der Waals surface area contributed by atoms with E-state index in [1.54, 1.807) is 17.0 Å². The van der Waals surface area contributed by atoms with Gasteiger partial charge in [0, 0.05) is 37.1 Å². The zero-order chi connectivity index (χ0) is 18.6. The fraction of sp³-hybridized carbons (Fsp3) is 0.250. The molecule has 4 rings (SSSR count). The first kappa shape index (κ1) is 17.6. The summed E-state index contributed by atoms with van der Waals surface area (Å²) in [4.78, 5) is 33.2. The number of hydrogen-bond donors (Lipinski definition) is 0. The Hall–Kier alpha value is -2.77. The molecular formula is C20H19N3O3S. The Balaban J connectivity index is 1.34. The van der Waals surface area contributed by atoms with Gasteiger partial charge in [0.1, 0.15) is 10.7 Å². The molecule has 0 bridgehead atoms. The molecule has 2 aromatic heterocycles. The molecule has 3 heterocycles. The molecular weight excluding hydrogens is 362 g/mol. The zero-order valence-electron chi connectivity index (χ0n) is 14.7. The van der Waals surface area contributed by atoms with Crippen LogP contribution in [0.3, 0.4) is 0 Å². The van der Waals surface area contributed by atoms with E-state index in [0.29, 0.717) is 44.2 Å². The Morgan fingerprint density at radius 2 is 1.81 bits per heavy atom. The maximum absolute atomic E-state index is 12.7. The van der Waals surface area contributed by atoms with Gasteiger partial charge in [-0.3, -0.25) is 14.5 Å². The number of hydrogen-bond acceptors (Lipinski definition) is 6. The van der Waals surface area contributed by atoms with Crippen molar-refractivity contribution >= 4 is 23.0 Å². The topological polar surface area (TPSA) is 66.7 Å². The number of nitrogens with zero attached hydrogens (tertiary/aromatic N) is 3. The van der Waals surface area contributed by atoms with Crippen LogP contribution in [0, 0.1) is 0 Å². The van der Waals surface area contributed by atoms with Gasteiger partial charge in [-0.25, -0.2) is 4.98 Å². The van der Waals surface area contributed by atoms with E-state index in [2.05, 4.69) is 4.98 Å². The zero-order valence-corrected chi connectivity index (χ0v) is 15.5. The number of carbonyl (C=O) groups is 2. The fourth-order valence-electron chi connectivity index (χ4n) is 3.07. The summed E-state index contributed by atoms with van der Waals surface area (Å²) in [6.45, 7) is 2.80. The van der Waals surface area contributed by atoms with Crippen LogP contribution in [0.25, 0.3) is 10.6 Å². The lowest BCUT2D eigenvalue weighted by atomic mass is 10.2. The van der Waals surface area contributed by atoms with E-state index >= 15 is 0 Å². The number of Topliss-reactive ketones (excluding diaryl/α,β-unsaturated/α-hetero) is 1. The molecule has 1 aliphatic heterocycles. The van der Waals surface area contributed by atoms with Gasteiger partial charge in [-0.15, -0.1) is 11.3 Å². The molecule has 1 saturated heterocycles. The first-order valence-corrected chi connectivity index (χ1v) is 9.68. The summed E-state index contributed by atoms with van der Waals surface area (Å²) in [6, 6.07) is 13.2. The Kier molecular flexibility index (Phi) is 5.13.